The molecular formula is C20H24O6. The van der Waals surface area contributed by atoms with Crippen LogP contribution in [0, 0.1) is 5.92 Å². The van der Waals surface area contributed by atoms with Gasteiger partial charge in [-0.15, -0.1) is 0 Å². The van der Waals surface area contributed by atoms with Crippen molar-refractivity contribution in [1.82, 2.24) is 0 Å². The lowest BCUT2D eigenvalue weighted by Gasteiger charge is -2.25. The largest absolute Gasteiger partial charge is 0.459 e. The van der Waals surface area contributed by atoms with Crippen molar-refractivity contribution in [3.63, 3.8) is 0 Å². The van der Waals surface area contributed by atoms with Gasteiger partial charge in [0.05, 0.1) is 29.8 Å². The molecule has 1 aromatic rings. The predicted molar refractivity (Wildman–Crippen MR) is 91.8 cm³/mol. The van der Waals surface area contributed by atoms with E-state index in [-0.39, 0.29) is 36.2 Å². The SMILES string of the molecule is O=C(OC1CCC(O)CC1)c1ccc(OC(=O)C2CCC3OC3C2)cc1. The molecule has 4 rings (SSSR count). The number of hydrogen-bond acceptors (Lipinski definition) is 6. The molecule has 6 nitrogen and oxygen atoms in total. The third-order valence-electron chi connectivity index (χ3n) is 5.56. The average Bonchev–Trinajstić information content (AvgIpc) is 3.43. The lowest BCUT2D eigenvalue weighted by atomic mass is 9.89. The van der Waals surface area contributed by atoms with Crippen LogP contribution < -0.4 is 4.74 Å². The molecule has 0 radical (unpaired) electrons. The minimum atomic E-state index is -0.381. The zero-order chi connectivity index (χ0) is 18.1. The summed E-state index contributed by atoms with van der Waals surface area (Å²) in [4.78, 5) is 24.5. The van der Waals surface area contributed by atoms with Crippen molar-refractivity contribution in [1.29, 1.82) is 0 Å². The number of hydrogen-bond donors (Lipinski definition) is 1. The molecule has 1 aliphatic heterocycles. The third-order valence-corrected chi connectivity index (χ3v) is 5.56. The summed E-state index contributed by atoms with van der Waals surface area (Å²) >= 11 is 0. The molecule has 0 bridgehead atoms. The Labute approximate surface area is 152 Å². The summed E-state index contributed by atoms with van der Waals surface area (Å²) in [5.41, 5.74) is 0.433. The van der Waals surface area contributed by atoms with E-state index in [2.05, 4.69) is 0 Å². The molecular weight excluding hydrogens is 336 g/mol. The second-order valence-corrected chi connectivity index (χ2v) is 7.50. The van der Waals surface area contributed by atoms with Gasteiger partial charge >= 0.3 is 11.9 Å². The molecule has 26 heavy (non-hydrogen) atoms. The Bertz CT molecular complexity index is 661. The quantitative estimate of drug-likeness (QED) is 0.505. The van der Waals surface area contributed by atoms with Crippen molar-refractivity contribution >= 4 is 11.9 Å². The van der Waals surface area contributed by atoms with E-state index in [1.165, 1.54) is 0 Å². The molecule has 6 heteroatoms. The van der Waals surface area contributed by atoms with Crippen molar-refractivity contribution in [3.8, 4) is 5.75 Å². The molecule has 0 aromatic heterocycles. The maximum absolute atomic E-state index is 12.2. The summed E-state index contributed by atoms with van der Waals surface area (Å²) < 4.78 is 16.4. The summed E-state index contributed by atoms with van der Waals surface area (Å²) in [7, 11) is 0. The van der Waals surface area contributed by atoms with Gasteiger partial charge in [0.25, 0.3) is 0 Å². The van der Waals surface area contributed by atoms with E-state index < -0.39 is 0 Å². The molecule has 1 N–H and O–H groups in total. The Kier molecular flexibility index (Phi) is 4.96. The van der Waals surface area contributed by atoms with Gasteiger partial charge in [0.1, 0.15) is 11.9 Å². The second kappa shape index (κ2) is 7.37. The Hall–Kier alpha value is -1.92. The number of carbonyl (C=O) groups excluding carboxylic acids is 2. The molecule has 3 unspecified atom stereocenters. The number of fused-ring (bicyclic) bond motifs is 1. The Morgan fingerprint density at radius 3 is 2.38 bits per heavy atom. The van der Waals surface area contributed by atoms with Crippen molar-refractivity contribution in [2.75, 3.05) is 0 Å². The first-order valence-electron chi connectivity index (χ1n) is 9.45. The van der Waals surface area contributed by atoms with E-state index >= 15 is 0 Å². The molecule has 140 valence electrons. The predicted octanol–water partition coefficient (Wildman–Crippen LogP) is 2.62. The van der Waals surface area contributed by atoms with Crippen LogP contribution in [0.15, 0.2) is 24.3 Å². The van der Waals surface area contributed by atoms with Crippen LogP contribution in [0.2, 0.25) is 0 Å². The van der Waals surface area contributed by atoms with Crippen LogP contribution in [0.5, 0.6) is 5.75 Å². The lowest BCUT2D eigenvalue weighted by Crippen LogP contribution is -2.26. The second-order valence-electron chi connectivity index (χ2n) is 7.50. The number of benzene rings is 1. The van der Waals surface area contributed by atoms with E-state index in [4.69, 9.17) is 14.2 Å². The van der Waals surface area contributed by atoms with Gasteiger partial charge in [0, 0.05) is 0 Å². The minimum absolute atomic E-state index is 0.106. The van der Waals surface area contributed by atoms with Crippen molar-refractivity contribution in [3.05, 3.63) is 29.8 Å². The molecule has 3 atom stereocenters. The van der Waals surface area contributed by atoms with Crippen LogP contribution in [0.1, 0.15) is 55.3 Å². The molecule has 2 aliphatic carbocycles. The molecule has 1 saturated heterocycles. The summed E-state index contributed by atoms with van der Waals surface area (Å²) in [5, 5.41) is 9.50. The highest BCUT2D eigenvalue weighted by molar-refractivity contribution is 5.89. The number of carbonyl (C=O) groups is 2. The molecule has 3 fully saturated rings. The van der Waals surface area contributed by atoms with Crippen LogP contribution in [0.3, 0.4) is 0 Å². The van der Waals surface area contributed by atoms with Gasteiger partial charge in [-0.1, -0.05) is 0 Å². The Morgan fingerprint density at radius 2 is 1.69 bits per heavy atom. The zero-order valence-corrected chi connectivity index (χ0v) is 14.6. The van der Waals surface area contributed by atoms with Gasteiger partial charge in [0.2, 0.25) is 0 Å². The molecule has 1 heterocycles. The Balaban J connectivity index is 1.28. The van der Waals surface area contributed by atoms with E-state index in [0.717, 1.165) is 19.3 Å². The van der Waals surface area contributed by atoms with Gasteiger partial charge < -0.3 is 19.3 Å². The highest BCUT2D eigenvalue weighted by Gasteiger charge is 2.46. The van der Waals surface area contributed by atoms with Gasteiger partial charge in [0.15, 0.2) is 0 Å². The van der Waals surface area contributed by atoms with Gasteiger partial charge in [-0.2, -0.15) is 0 Å². The monoisotopic (exact) mass is 360 g/mol. The Morgan fingerprint density at radius 1 is 0.962 bits per heavy atom. The van der Waals surface area contributed by atoms with Gasteiger partial charge in [-0.3, -0.25) is 4.79 Å². The average molecular weight is 360 g/mol. The van der Waals surface area contributed by atoms with E-state index in [9.17, 15) is 14.7 Å². The van der Waals surface area contributed by atoms with E-state index in [1.54, 1.807) is 24.3 Å². The van der Waals surface area contributed by atoms with E-state index in [0.29, 0.717) is 43.1 Å². The fraction of sp³-hybridized carbons (Fsp3) is 0.600. The smallest absolute Gasteiger partial charge is 0.338 e. The first-order valence-corrected chi connectivity index (χ1v) is 9.45. The van der Waals surface area contributed by atoms with Crippen LogP contribution in [0.4, 0.5) is 0 Å². The molecule has 2 saturated carbocycles. The minimum Gasteiger partial charge on any atom is -0.459 e. The number of ether oxygens (including phenoxy) is 3. The van der Waals surface area contributed by atoms with Gasteiger partial charge in [-0.05, 0) is 69.2 Å². The topological polar surface area (TPSA) is 85.4 Å². The van der Waals surface area contributed by atoms with Crippen molar-refractivity contribution < 1.29 is 28.9 Å². The van der Waals surface area contributed by atoms with Crippen molar-refractivity contribution in [2.24, 2.45) is 5.92 Å². The maximum atomic E-state index is 12.2. The number of esters is 2. The van der Waals surface area contributed by atoms with Gasteiger partial charge in [-0.25, -0.2) is 4.79 Å². The number of aliphatic hydroxyl groups excluding tert-OH is 1. The van der Waals surface area contributed by atoms with Crippen molar-refractivity contribution in [2.45, 2.75) is 69.4 Å². The normalized spacial score (nSPS) is 33.0. The third kappa shape index (κ3) is 4.07. The van der Waals surface area contributed by atoms with Crippen LogP contribution >= 0.6 is 0 Å². The highest BCUT2D eigenvalue weighted by atomic mass is 16.6. The molecule has 3 aliphatic rings. The number of rotatable bonds is 4. The van der Waals surface area contributed by atoms with Crippen LogP contribution in [-0.2, 0) is 14.3 Å². The van der Waals surface area contributed by atoms with Crippen LogP contribution in [0.25, 0.3) is 0 Å². The zero-order valence-electron chi connectivity index (χ0n) is 14.6. The number of epoxide rings is 1. The lowest BCUT2D eigenvalue weighted by molar-refractivity contribution is -0.139. The fourth-order valence-corrected chi connectivity index (χ4v) is 3.86. The number of aliphatic hydroxyl groups is 1. The molecule has 1 aromatic carbocycles. The summed E-state index contributed by atoms with van der Waals surface area (Å²) in [6.07, 6.45) is 5.37. The van der Waals surface area contributed by atoms with Crippen LogP contribution in [-0.4, -0.2) is 41.5 Å². The standard InChI is InChI=1S/C20H24O6/c21-14-4-8-16(9-5-14)24-19(22)12-1-6-15(7-2-12)25-20(23)13-3-10-17-18(11-13)26-17/h1-2,6-7,13-14,16-18,21H,3-5,8-11H2. The highest BCUT2D eigenvalue weighted by Crippen LogP contribution is 2.39. The maximum Gasteiger partial charge on any atom is 0.338 e. The summed E-state index contributed by atoms with van der Waals surface area (Å²) in [6, 6.07) is 6.48. The molecule has 0 amide bonds. The first kappa shape index (κ1) is 17.5. The molecule has 0 spiro atoms. The summed E-state index contributed by atoms with van der Waals surface area (Å²) in [5.74, 6) is -0.278. The fourth-order valence-electron chi connectivity index (χ4n) is 3.86. The first-order chi connectivity index (χ1) is 12.6. The van der Waals surface area contributed by atoms with E-state index in [1.807, 2.05) is 0 Å². The summed E-state index contributed by atoms with van der Waals surface area (Å²) in [6.45, 7) is 0.